The number of aromatic nitrogens is 1. The summed E-state index contributed by atoms with van der Waals surface area (Å²) < 4.78 is 0. The normalized spacial score (nSPS) is 15.8. The fourth-order valence-electron chi connectivity index (χ4n) is 2.09. The molecular weight excluding hydrogens is 226 g/mol. The lowest BCUT2D eigenvalue weighted by molar-refractivity contribution is 0.0914. The van der Waals surface area contributed by atoms with Crippen LogP contribution in [0, 0.1) is 0 Å². The minimum absolute atomic E-state index is 0.115. The van der Waals surface area contributed by atoms with E-state index < -0.39 is 0 Å². The van der Waals surface area contributed by atoms with Crippen molar-refractivity contribution >= 4 is 11.6 Å². The Bertz CT molecular complexity index is 414. The van der Waals surface area contributed by atoms with Gasteiger partial charge in [-0.15, -0.1) is 0 Å². The molecule has 2 heterocycles. The molecule has 0 saturated carbocycles. The van der Waals surface area contributed by atoms with E-state index in [4.69, 9.17) is 0 Å². The summed E-state index contributed by atoms with van der Waals surface area (Å²) in [6.07, 6.45) is 4.28. The Morgan fingerprint density at radius 2 is 1.94 bits per heavy atom. The SMILES string of the molecule is CC(C)(C)NC(=O)c1ccc(N2CCCC2)cn1. The van der Waals surface area contributed by atoms with Gasteiger partial charge in [0.2, 0.25) is 0 Å². The van der Waals surface area contributed by atoms with Gasteiger partial charge in [0.05, 0.1) is 11.9 Å². The first-order valence-electron chi connectivity index (χ1n) is 6.49. The molecule has 1 saturated heterocycles. The Morgan fingerprint density at radius 3 is 2.44 bits per heavy atom. The molecule has 4 heteroatoms. The fourth-order valence-corrected chi connectivity index (χ4v) is 2.09. The molecule has 0 radical (unpaired) electrons. The van der Waals surface area contributed by atoms with E-state index >= 15 is 0 Å². The number of nitrogens with zero attached hydrogens (tertiary/aromatic N) is 2. The van der Waals surface area contributed by atoms with Gasteiger partial charge in [0.25, 0.3) is 5.91 Å². The van der Waals surface area contributed by atoms with Crippen molar-refractivity contribution in [2.24, 2.45) is 0 Å². The van der Waals surface area contributed by atoms with Gasteiger partial charge in [-0.25, -0.2) is 4.98 Å². The maximum atomic E-state index is 11.9. The second-order valence-corrected chi connectivity index (χ2v) is 5.80. The molecule has 1 aliphatic rings. The maximum absolute atomic E-state index is 11.9. The highest BCUT2D eigenvalue weighted by atomic mass is 16.2. The monoisotopic (exact) mass is 247 g/mol. The Hall–Kier alpha value is -1.58. The van der Waals surface area contributed by atoms with E-state index in [1.807, 2.05) is 26.8 Å². The summed E-state index contributed by atoms with van der Waals surface area (Å²) >= 11 is 0. The van der Waals surface area contributed by atoms with E-state index in [0.717, 1.165) is 18.8 Å². The second kappa shape index (κ2) is 4.96. The van der Waals surface area contributed by atoms with Crippen molar-refractivity contribution in [2.75, 3.05) is 18.0 Å². The highest BCUT2D eigenvalue weighted by Crippen LogP contribution is 2.19. The first-order valence-corrected chi connectivity index (χ1v) is 6.49. The average Bonchev–Trinajstić information content (AvgIpc) is 2.80. The van der Waals surface area contributed by atoms with E-state index in [1.165, 1.54) is 12.8 Å². The van der Waals surface area contributed by atoms with Crippen LogP contribution < -0.4 is 10.2 Å². The molecule has 1 aromatic rings. The first kappa shape index (κ1) is 12.9. The van der Waals surface area contributed by atoms with Gasteiger partial charge >= 0.3 is 0 Å². The Kier molecular flexibility index (Phi) is 3.55. The van der Waals surface area contributed by atoms with E-state index in [1.54, 1.807) is 12.3 Å². The molecule has 0 atom stereocenters. The topological polar surface area (TPSA) is 45.2 Å². The minimum atomic E-state index is -0.230. The lowest BCUT2D eigenvalue weighted by atomic mass is 10.1. The molecule has 0 spiro atoms. The van der Waals surface area contributed by atoms with Crippen molar-refractivity contribution < 1.29 is 4.79 Å². The van der Waals surface area contributed by atoms with Gasteiger partial charge in [-0.2, -0.15) is 0 Å². The van der Waals surface area contributed by atoms with Gasteiger partial charge in [0.1, 0.15) is 5.69 Å². The van der Waals surface area contributed by atoms with Crippen LogP contribution in [0.2, 0.25) is 0 Å². The van der Waals surface area contributed by atoms with Gasteiger partial charge in [0, 0.05) is 18.6 Å². The summed E-state index contributed by atoms with van der Waals surface area (Å²) in [5.41, 5.74) is 1.36. The summed E-state index contributed by atoms with van der Waals surface area (Å²) in [7, 11) is 0. The van der Waals surface area contributed by atoms with Crippen molar-refractivity contribution in [2.45, 2.75) is 39.2 Å². The molecule has 1 N–H and O–H groups in total. The molecule has 0 unspecified atom stereocenters. The number of nitrogens with one attached hydrogen (secondary N) is 1. The van der Waals surface area contributed by atoms with Crippen molar-refractivity contribution in [3.8, 4) is 0 Å². The molecule has 1 aliphatic heterocycles. The van der Waals surface area contributed by atoms with Crippen LogP contribution in [-0.4, -0.2) is 29.5 Å². The van der Waals surface area contributed by atoms with Crippen LogP contribution in [0.25, 0.3) is 0 Å². The van der Waals surface area contributed by atoms with E-state index in [2.05, 4.69) is 15.2 Å². The van der Waals surface area contributed by atoms with Gasteiger partial charge in [-0.1, -0.05) is 0 Å². The molecule has 1 amide bonds. The number of rotatable bonds is 2. The van der Waals surface area contributed by atoms with Crippen LogP contribution in [0.3, 0.4) is 0 Å². The van der Waals surface area contributed by atoms with Crippen LogP contribution in [0.5, 0.6) is 0 Å². The summed E-state index contributed by atoms with van der Waals surface area (Å²) in [6.45, 7) is 8.07. The van der Waals surface area contributed by atoms with Gasteiger partial charge in [-0.05, 0) is 45.7 Å². The number of amides is 1. The van der Waals surface area contributed by atoms with Crippen LogP contribution in [0.15, 0.2) is 18.3 Å². The molecule has 0 aromatic carbocycles. The highest BCUT2D eigenvalue weighted by Gasteiger charge is 2.17. The van der Waals surface area contributed by atoms with Crippen LogP contribution in [0.4, 0.5) is 5.69 Å². The number of pyridine rings is 1. The molecule has 1 fully saturated rings. The molecule has 4 nitrogen and oxygen atoms in total. The van der Waals surface area contributed by atoms with Crippen molar-refractivity contribution in [1.82, 2.24) is 10.3 Å². The van der Waals surface area contributed by atoms with E-state index in [9.17, 15) is 4.79 Å². The molecule has 0 bridgehead atoms. The Labute approximate surface area is 108 Å². The van der Waals surface area contributed by atoms with Crippen LogP contribution in [0.1, 0.15) is 44.1 Å². The van der Waals surface area contributed by atoms with E-state index in [-0.39, 0.29) is 11.4 Å². The number of anilines is 1. The number of hydrogen-bond acceptors (Lipinski definition) is 3. The zero-order valence-electron chi connectivity index (χ0n) is 11.4. The fraction of sp³-hybridized carbons (Fsp3) is 0.571. The van der Waals surface area contributed by atoms with Crippen LogP contribution in [-0.2, 0) is 0 Å². The number of carbonyl (C=O) groups excluding carboxylic acids is 1. The van der Waals surface area contributed by atoms with Crippen molar-refractivity contribution in [3.05, 3.63) is 24.0 Å². The van der Waals surface area contributed by atoms with E-state index in [0.29, 0.717) is 5.69 Å². The molecule has 1 aromatic heterocycles. The first-order chi connectivity index (χ1) is 8.46. The Morgan fingerprint density at radius 1 is 1.28 bits per heavy atom. The van der Waals surface area contributed by atoms with Gasteiger partial charge in [-0.3, -0.25) is 4.79 Å². The molecule has 98 valence electrons. The molecule has 0 aliphatic carbocycles. The zero-order valence-corrected chi connectivity index (χ0v) is 11.4. The van der Waals surface area contributed by atoms with Gasteiger partial charge < -0.3 is 10.2 Å². The minimum Gasteiger partial charge on any atom is -0.370 e. The largest absolute Gasteiger partial charge is 0.370 e. The quantitative estimate of drug-likeness (QED) is 0.871. The molecule has 18 heavy (non-hydrogen) atoms. The second-order valence-electron chi connectivity index (χ2n) is 5.80. The van der Waals surface area contributed by atoms with Crippen molar-refractivity contribution in [1.29, 1.82) is 0 Å². The average molecular weight is 247 g/mol. The smallest absolute Gasteiger partial charge is 0.270 e. The lowest BCUT2D eigenvalue weighted by Crippen LogP contribution is -2.40. The third kappa shape index (κ3) is 3.22. The summed E-state index contributed by atoms with van der Waals surface area (Å²) in [5, 5.41) is 2.91. The zero-order chi connectivity index (χ0) is 13.2. The lowest BCUT2D eigenvalue weighted by Gasteiger charge is -2.21. The predicted molar refractivity (Wildman–Crippen MR) is 72.9 cm³/mol. The summed E-state index contributed by atoms with van der Waals surface area (Å²) in [6, 6.07) is 3.78. The van der Waals surface area contributed by atoms with Crippen molar-refractivity contribution in [3.63, 3.8) is 0 Å². The summed E-state index contributed by atoms with van der Waals surface area (Å²) in [4.78, 5) is 18.5. The maximum Gasteiger partial charge on any atom is 0.270 e. The molecular formula is C14H21N3O. The molecule has 2 rings (SSSR count). The Balaban J connectivity index is 2.05. The standard InChI is InChI=1S/C14H21N3O/c1-14(2,3)16-13(18)12-7-6-11(10-15-12)17-8-4-5-9-17/h6-7,10H,4-5,8-9H2,1-3H3,(H,16,18). The number of hydrogen-bond donors (Lipinski definition) is 1. The summed E-state index contributed by atoms with van der Waals surface area (Å²) in [5.74, 6) is -0.115. The third-order valence-corrected chi connectivity index (χ3v) is 2.94. The predicted octanol–water partition coefficient (Wildman–Crippen LogP) is 2.21. The van der Waals surface area contributed by atoms with Crippen LogP contribution >= 0.6 is 0 Å². The third-order valence-electron chi connectivity index (χ3n) is 2.94. The van der Waals surface area contributed by atoms with Gasteiger partial charge in [0.15, 0.2) is 0 Å². The number of carbonyl (C=O) groups is 1. The highest BCUT2D eigenvalue weighted by molar-refractivity contribution is 5.92.